The molecular weight excluding hydrogens is 448 g/mol. The predicted octanol–water partition coefficient (Wildman–Crippen LogP) is 4.44. The second-order valence-corrected chi connectivity index (χ2v) is 8.20. The van der Waals surface area contributed by atoms with E-state index >= 15 is 0 Å². The van der Waals surface area contributed by atoms with E-state index in [1.165, 1.54) is 0 Å². The number of ether oxygens (including phenoxy) is 2. The first kappa shape index (κ1) is 24.1. The van der Waals surface area contributed by atoms with Crippen molar-refractivity contribution in [2.75, 3.05) is 25.6 Å². The van der Waals surface area contributed by atoms with Gasteiger partial charge in [-0.15, -0.1) is 0 Å². The Bertz CT molecular complexity index is 1230. The number of furan rings is 1. The van der Waals surface area contributed by atoms with Crippen molar-refractivity contribution >= 4 is 23.5 Å². The van der Waals surface area contributed by atoms with Crippen LogP contribution in [0.1, 0.15) is 41.4 Å². The minimum absolute atomic E-state index is 0.0370. The largest absolute Gasteiger partial charge is 0.497 e. The molecule has 2 amide bonds. The first-order valence-electron chi connectivity index (χ1n) is 11.6. The van der Waals surface area contributed by atoms with Gasteiger partial charge in [-0.05, 0) is 43.3 Å². The number of benzene rings is 2. The molecular formula is C27H28N2O6. The highest BCUT2D eigenvalue weighted by molar-refractivity contribution is 5.95. The maximum absolute atomic E-state index is 13.0. The topological polar surface area (TPSA) is 98.1 Å². The smallest absolute Gasteiger partial charge is 0.306 e. The Hall–Kier alpha value is -4.07. The van der Waals surface area contributed by atoms with Crippen LogP contribution in [0.3, 0.4) is 0 Å². The van der Waals surface area contributed by atoms with Gasteiger partial charge in [-0.1, -0.05) is 18.2 Å². The lowest BCUT2D eigenvalue weighted by molar-refractivity contribution is -0.144. The zero-order valence-corrected chi connectivity index (χ0v) is 19.8. The minimum Gasteiger partial charge on any atom is -0.497 e. The molecule has 0 saturated heterocycles. The summed E-state index contributed by atoms with van der Waals surface area (Å²) in [5.74, 6) is 1.47. The van der Waals surface area contributed by atoms with Crippen molar-refractivity contribution in [2.45, 2.75) is 32.7 Å². The molecule has 35 heavy (non-hydrogen) atoms. The number of carbonyl (C=O) groups excluding carboxylic acids is 3. The van der Waals surface area contributed by atoms with Crippen LogP contribution in [0.15, 0.2) is 59.0 Å². The van der Waals surface area contributed by atoms with Crippen LogP contribution < -0.4 is 10.1 Å². The summed E-state index contributed by atoms with van der Waals surface area (Å²) >= 11 is 0. The summed E-state index contributed by atoms with van der Waals surface area (Å²) in [6, 6.07) is 16.4. The SMILES string of the molecule is CCOC(=O)CCC(=O)Nc1cccc(-c2cc3c(o2)CCN(C(=O)c2cccc(OC)c2)C3)c1. The van der Waals surface area contributed by atoms with Gasteiger partial charge in [-0.25, -0.2) is 0 Å². The average molecular weight is 477 g/mol. The number of hydrogen-bond acceptors (Lipinski definition) is 6. The quantitative estimate of drug-likeness (QED) is 0.483. The molecule has 3 aromatic rings. The van der Waals surface area contributed by atoms with Crippen molar-refractivity contribution < 1.29 is 28.3 Å². The third-order valence-corrected chi connectivity index (χ3v) is 5.76. The zero-order chi connectivity index (χ0) is 24.8. The highest BCUT2D eigenvalue weighted by Gasteiger charge is 2.25. The number of methoxy groups -OCH3 is 1. The van der Waals surface area contributed by atoms with Gasteiger partial charge in [-0.2, -0.15) is 0 Å². The molecule has 8 heteroatoms. The van der Waals surface area contributed by atoms with Crippen molar-refractivity contribution in [3.05, 3.63) is 71.5 Å². The lowest BCUT2D eigenvalue weighted by Gasteiger charge is -2.26. The standard InChI is InChI=1S/C27H28N2O6/c1-3-34-26(31)11-10-25(30)28-21-8-4-6-18(14-21)24-16-20-17-29(13-12-23(20)35-24)27(32)19-7-5-9-22(15-19)33-2/h4-9,14-16H,3,10-13,17H2,1-2H3,(H,28,30). The van der Waals surface area contributed by atoms with Gasteiger partial charge < -0.3 is 24.1 Å². The highest BCUT2D eigenvalue weighted by Crippen LogP contribution is 2.31. The van der Waals surface area contributed by atoms with E-state index in [2.05, 4.69) is 5.32 Å². The number of nitrogens with zero attached hydrogens (tertiary/aromatic N) is 1. The normalized spacial score (nSPS) is 12.6. The van der Waals surface area contributed by atoms with Crippen LogP contribution in [0.5, 0.6) is 5.75 Å². The van der Waals surface area contributed by atoms with Crippen molar-refractivity contribution in [3.8, 4) is 17.1 Å². The fraction of sp³-hybridized carbons (Fsp3) is 0.296. The van der Waals surface area contributed by atoms with Gasteiger partial charge in [0.15, 0.2) is 0 Å². The third-order valence-electron chi connectivity index (χ3n) is 5.76. The van der Waals surface area contributed by atoms with Crippen molar-refractivity contribution in [2.24, 2.45) is 0 Å². The van der Waals surface area contributed by atoms with Gasteiger partial charge in [0, 0.05) is 48.3 Å². The molecule has 2 aromatic carbocycles. The molecule has 1 aliphatic heterocycles. The van der Waals surface area contributed by atoms with Crippen molar-refractivity contribution in [1.82, 2.24) is 4.90 Å². The van der Waals surface area contributed by atoms with E-state index in [9.17, 15) is 14.4 Å². The summed E-state index contributed by atoms with van der Waals surface area (Å²) in [6.45, 7) is 3.04. The Morgan fingerprint density at radius 3 is 2.69 bits per heavy atom. The minimum atomic E-state index is -0.392. The fourth-order valence-electron chi connectivity index (χ4n) is 4.01. The molecule has 0 spiro atoms. The van der Waals surface area contributed by atoms with Crippen LogP contribution in [-0.2, 0) is 27.3 Å². The molecule has 0 unspecified atom stereocenters. The van der Waals surface area contributed by atoms with Crippen LogP contribution in [0.2, 0.25) is 0 Å². The van der Waals surface area contributed by atoms with Crippen molar-refractivity contribution in [1.29, 1.82) is 0 Å². The lowest BCUT2D eigenvalue weighted by atomic mass is 10.1. The van der Waals surface area contributed by atoms with Crippen LogP contribution in [0.4, 0.5) is 5.69 Å². The van der Waals surface area contributed by atoms with Gasteiger partial charge in [0.1, 0.15) is 17.3 Å². The third kappa shape index (κ3) is 5.90. The zero-order valence-electron chi connectivity index (χ0n) is 19.8. The van der Waals surface area contributed by atoms with E-state index < -0.39 is 5.97 Å². The van der Waals surface area contributed by atoms with Gasteiger partial charge >= 0.3 is 5.97 Å². The maximum Gasteiger partial charge on any atom is 0.306 e. The van der Waals surface area contributed by atoms with Gasteiger partial charge in [0.2, 0.25) is 5.91 Å². The number of amides is 2. The number of hydrogen-bond donors (Lipinski definition) is 1. The number of rotatable bonds is 8. The predicted molar refractivity (Wildman–Crippen MR) is 130 cm³/mol. The van der Waals surface area contributed by atoms with E-state index in [0.717, 1.165) is 16.9 Å². The Morgan fingerprint density at radius 1 is 1.06 bits per heavy atom. The molecule has 1 N–H and O–H groups in total. The van der Waals surface area contributed by atoms with Crippen LogP contribution in [0.25, 0.3) is 11.3 Å². The molecule has 0 saturated carbocycles. The average Bonchev–Trinajstić information content (AvgIpc) is 3.31. The van der Waals surface area contributed by atoms with E-state index in [1.54, 1.807) is 43.2 Å². The van der Waals surface area contributed by atoms with E-state index in [-0.39, 0.29) is 24.7 Å². The lowest BCUT2D eigenvalue weighted by Crippen LogP contribution is -2.35. The number of carbonyl (C=O) groups is 3. The van der Waals surface area contributed by atoms with Crippen LogP contribution >= 0.6 is 0 Å². The Balaban J connectivity index is 1.42. The number of anilines is 1. The summed E-state index contributed by atoms with van der Waals surface area (Å²) in [5, 5.41) is 2.81. The Kier molecular flexibility index (Phi) is 7.50. The summed E-state index contributed by atoms with van der Waals surface area (Å²) in [5.41, 5.74) is 2.98. The summed E-state index contributed by atoms with van der Waals surface area (Å²) in [6.07, 6.45) is 0.708. The second-order valence-electron chi connectivity index (χ2n) is 8.20. The second kappa shape index (κ2) is 10.9. The summed E-state index contributed by atoms with van der Waals surface area (Å²) in [4.78, 5) is 38.5. The molecule has 0 fully saturated rings. The van der Waals surface area contributed by atoms with Crippen LogP contribution in [-0.4, -0.2) is 42.9 Å². The molecule has 4 rings (SSSR count). The van der Waals surface area contributed by atoms with Gasteiger partial charge in [0.25, 0.3) is 5.91 Å². The fourth-order valence-corrected chi connectivity index (χ4v) is 4.01. The molecule has 1 aliphatic rings. The van der Waals surface area contributed by atoms with E-state index in [1.807, 2.05) is 30.3 Å². The first-order chi connectivity index (χ1) is 17.0. The first-order valence-corrected chi connectivity index (χ1v) is 11.6. The van der Waals surface area contributed by atoms with E-state index in [4.69, 9.17) is 13.9 Å². The molecule has 182 valence electrons. The Labute approximate surface area is 203 Å². The molecule has 0 radical (unpaired) electrons. The van der Waals surface area contributed by atoms with Crippen molar-refractivity contribution in [3.63, 3.8) is 0 Å². The number of esters is 1. The number of fused-ring (bicyclic) bond motifs is 1. The summed E-state index contributed by atoms with van der Waals surface area (Å²) in [7, 11) is 1.58. The molecule has 8 nitrogen and oxygen atoms in total. The van der Waals surface area contributed by atoms with Gasteiger partial charge in [0.05, 0.1) is 20.1 Å². The Morgan fingerprint density at radius 2 is 1.89 bits per heavy atom. The molecule has 2 heterocycles. The molecule has 0 aliphatic carbocycles. The number of nitrogens with one attached hydrogen (secondary N) is 1. The summed E-state index contributed by atoms with van der Waals surface area (Å²) < 4.78 is 16.2. The van der Waals surface area contributed by atoms with E-state index in [0.29, 0.717) is 48.9 Å². The monoisotopic (exact) mass is 476 g/mol. The van der Waals surface area contributed by atoms with Gasteiger partial charge in [-0.3, -0.25) is 14.4 Å². The maximum atomic E-state index is 13.0. The van der Waals surface area contributed by atoms with Crippen LogP contribution in [0, 0.1) is 0 Å². The molecule has 0 atom stereocenters. The molecule has 0 bridgehead atoms. The molecule has 1 aromatic heterocycles. The highest BCUT2D eigenvalue weighted by atomic mass is 16.5.